The van der Waals surface area contributed by atoms with Gasteiger partial charge in [0.1, 0.15) is 0 Å². The predicted octanol–water partition coefficient (Wildman–Crippen LogP) is -3.01. The van der Waals surface area contributed by atoms with Gasteiger partial charge in [0, 0.05) is 52.4 Å². The Hall–Kier alpha value is -0.240. The highest BCUT2D eigenvalue weighted by Crippen LogP contribution is 1.49. The van der Waals surface area contributed by atoms with Gasteiger partial charge in [-0.05, 0) is 0 Å². The fourth-order valence-electron chi connectivity index (χ4n) is 0.658. The molecule has 14 heavy (non-hydrogen) atoms. The summed E-state index contributed by atoms with van der Waals surface area (Å²) in [5.74, 6) is 0. The molecular weight excluding hydrogens is 180 g/mol. The maximum absolute atomic E-state index is 5.17. The van der Waals surface area contributed by atoms with Gasteiger partial charge < -0.3 is 33.6 Å². The van der Waals surface area contributed by atoms with Gasteiger partial charge in [0.05, 0.1) is 0 Å². The molecule has 0 aromatic carbocycles. The Labute approximate surface area is 86.8 Å². The Bertz CT molecular complexity index is 62.2. The van der Waals surface area contributed by atoms with Crippen LogP contribution in [0.2, 0.25) is 0 Å². The van der Waals surface area contributed by atoms with Crippen molar-refractivity contribution in [3.8, 4) is 0 Å². The quantitative estimate of drug-likeness (QED) is 0.235. The van der Waals surface area contributed by atoms with E-state index in [0.717, 1.165) is 26.2 Å². The van der Waals surface area contributed by atoms with E-state index in [-0.39, 0.29) is 0 Å². The van der Waals surface area contributed by atoms with Crippen molar-refractivity contribution in [2.45, 2.75) is 0 Å². The Kier molecular flexibility index (Phi) is 21.4. The minimum Gasteiger partial charge on any atom is -0.329 e. The monoisotopic (exact) mass is 206 g/mol. The van der Waals surface area contributed by atoms with Crippen LogP contribution in [0.25, 0.3) is 0 Å². The third-order valence-electron chi connectivity index (χ3n) is 1.28. The third-order valence-corrected chi connectivity index (χ3v) is 1.28. The molecule has 0 atom stereocenters. The zero-order chi connectivity index (χ0) is 11.1. The topological polar surface area (TPSA) is 128 Å². The van der Waals surface area contributed by atoms with E-state index in [1.165, 1.54) is 0 Å². The molecule has 0 saturated carbocycles. The fourth-order valence-corrected chi connectivity index (χ4v) is 0.658. The summed E-state index contributed by atoms with van der Waals surface area (Å²) < 4.78 is 0. The standard InChI is InChI=1S/2C4H13N3/c2*5-1-3-7-4-2-6/h2*7H,1-6H2. The molecule has 0 saturated heterocycles. The molecule has 0 rings (SSSR count). The van der Waals surface area contributed by atoms with Crippen LogP contribution in [0.5, 0.6) is 0 Å². The lowest BCUT2D eigenvalue weighted by Crippen LogP contribution is -2.27. The van der Waals surface area contributed by atoms with Gasteiger partial charge in [-0.3, -0.25) is 0 Å². The van der Waals surface area contributed by atoms with Crippen LogP contribution >= 0.6 is 0 Å². The highest BCUT2D eigenvalue weighted by atomic mass is 14.9. The largest absolute Gasteiger partial charge is 0.329 e. The molecule has 0 unspecified atom stereocenters. The molecule has 0 aliphatic heterocycles. The first-order valence-corrected chi connectivity index (χ1v) is 5.05. The molecule has 88 valence electrons. The van der Waals surface area contributed by atoms with Crippen LogP contribution in [0.1, 0.15) is 0 Å². The van der Waals surface area contributed by atoms with Crippen molar-refractivity contribution >= 4 is 0 Å². The summed E-state index contributed by atoms with van der Waals surface area (Å²) in [5, 5.41) is 6.07. The first-order valence-electron chi connectivity index (χ1n) is 5.05. The number of nitrogens with one attached hydrogen (secondary N) is 2. The number of hydrogen-bond donors (Lipinski definition) is 6. The summed E-state index contributed by atoms with van der Waals surface area (Å²) in [7, 11) is 0. The lowest BCUT2D eigenvalue weighted by atomic mass is 10.6. The van der Waals surface area contributed by atoms with E-state index in [1.54, 1.807) is 0 Å². The summed E-state index contributed by atoms with van der Waals surface area (Å²) in [6.45, 7) is 6.27. The average Bonchev–Trinajstić information content (AvgIpc) is 2.21. The average molecular weight is 206 g/mol. The summed E-state index contributed by atoms with van der Waals surface area (Å²) >= 11 is 0. The number of hydrogen-bond acceptors (Lipinski definition) is 6. The molecule has 0 fully saturated rings. The van der Waals surface area contributed by atoms with Gasteiger partial charge in [-0.1, -0.05) is 0 Å². The Morgan fingerprint density at radius 3 is 0.857 bits per heavy atom. The second-order valence-corrected chi connectivity index (χ2v) is 2.65. The van der Waals surface area contributed by atoms with Crippen molar-refractivity contribution in [1.82, 2.24) is 10.6 Å². The molecule has 0 aromatic heterocycles. The molecule has 0 heterocycles. The lowest BCUT2D eigenvalue weighted by molar-refractivity contribution is 0.696. The van der Waals surface area contributed by atoms with E-state index in [9.17, 15) is 0 Å². The zero-order valence-electron chi connectivity index (χ0n) is 8.97. The van der Waals surface area contributed by atoms with Crippen LogP contribution in [0.4, 0.5) is 0 Å². The summed E-state index contributed by atoms with van der Waals surface area (Å²) in [6, 6.07) is 0. The fraction of sp³-hybridized carbons (Fsp3) is 1.00. The minimum absolute atomic E-state index is 0.694. The van der Waals surface area contributed by atoms with Crippen molar-refractivity contribution in [3.63, 3.8) is 0 Å². The van der Waals surface area contributed by atoms with Crippen LogP contribution < -0.4 is 33.6 Å². The van der Waals surface area contributed by atoms with E-state index in [2.05, 4.69) is 10.6 Å². The normalized spacial score (nSPS) is 9.43. The molecule has 10 N–H and O–H groups in total. The second kappa shape index (κ2) is 18.5. The maximum Gasteiger partial charge on any atom is 0.00750 e. The van der Waals surface area contributed by atoms with Crippen LogP contribution in [0.3, 0.4) is 0 Å². The van der Waals surface area contributed by atoms with Crippen LogP contribution in [-0.4, -0.2) is 52.4 Å². The van der Waals surface area contributed by atoms with Crippen molar-refractivity contribution in [1.29, 1.82) is 0 Å². The molecular formula is C8H26N6. The maximum atomic E-state index is 5.17. The molecule has 0 aromatic rings. The van der Waals surface area contributed by atoms with Gasteiger partial charge in [0.15, 0.2) is 0 Å². The lowest BCUT2D eigenvalue weighted by Gasteiger charge is -1.95. The molecule has 0 radical (unpaired) electrons. The van der Waals surface area contributed by atoms with E-state index < -0.39 is 0 Å². The Morgan fingerprint density at radius 2 is 0.714 bits per heavy atom. The van der Waals surface area contributed by atoms with Gasteiger partial charge in [0.2, 0.25) is 0 Å². The highest BCUT2D eigenvalue weighted by molar-refractivity contribution is 4.45. The van der Waals surface area contributed by atoms with Crippen molar-refractivity contribution in [3.05, 3.63) is 0 Å². The number of nitrogens with two attached hydrogens (primary N) is 4. The highest BCUT2D eigenvalue weighted by Gasteiger charge is 1.77. The molecule has 6 heteroatoms. The molecule has 0 aliphatic rings. The first-order chi connectivity index (χ1) is 6.83. The van der Waals surface area contributed by atoms with Crippen molar-refractivity contribution < 1.29 is 0 Å². The van der Waals surface area contributed by atoms with Gasteiger partial charge in [-0.15, -0.1) is 0 Å². The van der Waals surface area contributed by atoms with Crippen LogP contribution in [0.15, 0.2) is 0 Å². The zero-order valence-corrected chi connectivity index (χ0v) is 8.97. The van der Waals surface area contributed by atoms with Crippen molar-refractivity contribution in [2.24, 2.45) is 22.9 Å². The van der Waals surface area contributed by atoms with Gasteiger partial charge in [-0.25, -0.2) is 0 Å². The smallest absolute Gasteiger partial charge is 0.00750 e. The predicted molar refractivity (Wildman–Crippen MR) is 62.0 cm³/mol. The first kappa shape index (κ1) is 16.2. The van der Waals surface area contributed by atoms with E-state index in [1.807, 2.05) is 0 Å². The molecule has 0 aliphatic carbocycles. The molecule has 0 bridgehead atoms. The van der Waals surface area contributed by atoms with Crippen molar-refractivity contribution in [2.75, 3.05) is 52.4 Å². The Morgan fingerprint density at radius 1 is 0.500 bits per heavy atom. The van der Waals surface area contributed by atoms with Gasteiger partial charge in [0.25, 0.3) is 0 Å². The van der Waals surface area contributed by atoms with Gasteiger partial charge in [-0.2, -0.15) is 0 Å². The Balaban J connectivity index is 0. The van der Waals surface area contributed by atoms with E-state index in [4.69, 9.17) is 22.9 Å². The third kappa shape index (κ3) is 22.6. The second-order valence-electron chi connectivity index (χ2n) is 2.65. The minimum atomic E-state index is 0.694. The number of rotatable bonds is 8. The summed E-state index contributed by atoms with van der Waals surface area (Å²) in [6.07, 6.45) is 0. The summed E-state index contributed by atoms with van der Waals surface area (Å²) in [4.78, 5) is 0. The van der Waals surface area contributed by atoms with Crippen LogP contribution in [-0.2, 0) is 0 Å². The molecule has 6 nitrogen and oxygen atoms in total. The molecule has 0 spiro atoms. The SMILES string of the molecule is NCCNCCN.NCCNCCN. The van der Waals surface area contributed by atoms with E-state index in [0.29, 0.717) is 26.2 Å². The molecule has 0 amide bonds. The van der Waals surface area contributed by atoms with Gasteiger partial charge >= 0.3 is 0 Å². The van der Waals surface area contributed by atoms with Crippen LogP contribution in [0, 0.1) is 0 Å². The van der Waals surface area contributed by atoms with E-state index >= 15 is 0 Å². The summed E-state index contributed by atoms with van der Waals surface area (Å²) in [5.41, 5.74) is 20.7.